The van der Waals surface area contributed by atoms with Crippen molar-refractivity contribution in [3.63, 3.8) is 0 Å². The average molecular weight is 451 g/mol. The summed E-state index contributed by atoms with van der Waals surface area (Å²) in [5, 5.41) is 4.88. The molecule has 0 amide bonds. The Hall–Kier alpha value is -3.79. The molecule has 0 fully saturated rings. The maximum Gasteiger partial charge on any atom is 0.366 e. The second-order valence-electron chi connectivity index (χ2n) is 9.75. The zero-order valence-electron chi connectivity index (χ0n) is 20.6. The monoisotopic (exact) mass is 450 g/mol. The zero-order chi connectivity index (χ0) is 24.5. The number of rotatable bonds is 4. The number of aryl methyl sites for hydroxylation is 2. The van der Waals surface area contributed by atoms with Crippen LogP contribution >= 0.6 is 0 Å². The summed E-state index contributed by atoms with van der Waals surface area (Å²) in [6.45, 7) is 12.5. The van der Waals surface area contributed by atoms with Crippen molar-refractivity contribution >= 4 is 22.6 Å². The smallest absolute Gasteiger partial charge is 0.313 e. The molecule has 4 aromatic rings. The summed E-state index contributed by atoms with van der Waals surface area (Å²) >= 11 is 0. The van der Waals surface area contributed by atoms with Gasteiger partial charge in [0.1, 0.15) is 0 Å². The Morgan fingerprint density at radius 3 is 2.26 bits per heavy atom. The highest BCUT2D eigenvalue weighted by Crippen LogP contribution is 2.27. The van der Waals surface area contributed by atoms with Gasteiger partial charge in [0.05, 0.1) is 22.5 Å². The van der Waals surface area contributed by atoms with Gasteiger partial charge in [-0.25, -0.2) is 9.78 Å². The van der Waals surface area contributed by atoms with Gasteiger partial charge in [0, 0.05) is 10.9 Å². The fourth-order valence-corrected chi connectivity index (χ4v) is 3.82. The van der Waals surface area contributed by atoms with E-state index in [1.807, 2.05) is 49.4 Å². The summed E-state index contributed by atoms with van der Waals surface area (Å²) in [6, 6.07) is 23.7. The molecule has 3 aromatic carbocycles. The van der Waals surface area contributed by atoms with Crippen LogP contribution in [0.15, 0.2) is 78.0 Å². The first-order valence-corrected chi connectivity index (χ1v) is 11.5. The Morgan fingerprint density at radius 2 is 1.59 bits per heavy atom. The van der Waals surface area contributed by atoms with E-state index in [1.165, 1.54) is 16.7 Å². The molecular weight excluding hydrogens is 420 g/mol. The number of para-hydroxylation sites is 1. The summed E-state index contributed by atoms with van der Waals surface area (Å²) < 4.78 is 0. The molecule has 0 spiro atoms. The van der Waals surface area contributed by atoms with E-state index in [1.54, 1.807) is 6.07 Å². The van der Waals surface area contributed by atoms with E-state index in [4.69, 9.17) is 9.82 Å². The number of hydrogen-bond acceptors (Lipinski definition) is 4. The van der Waals surface area contributed by atoms with Gasteiger partial charge in [0.25, 0.3) is 0 Å². The molecular formula is C30H30N2O2. The van der Waals surface area contributed by atoms with Crippen LogP contribution in [0.5, 0.6) is 0 Å². The molecule has 0 aliphatic rings. The van der Waals surface area contributed by atoms with Crippen molar-refractivity contribution in [1.82, 2.24) is 4.98 Å². The summed E-state index contributed by atoms with van der Waals surface area (Å²) in [7, 11) is 0. The fourth-order valence-electron chi connectivity index (χ4n) is 3.82. The lowest BCUT2D eigenvalue weighted by Crippen LogP contribution is -2.11. The third-order valence-electron chi connectivity index (χ3n) is 6.17. The normalized spacial score (nSPS) is 12.1. The molecule has 34 heavy (non-hydrogen) atoms. The standard InChI is InChI=1S/C30H30N2O2/c1-19-11-12-23(17-20(19)2)28-18-26(25-9-7-8-10-27(25)31-28)29(33)34-32-21(3)22-13-15-24(16-14-22)30(4,5)6/h7-18H,1-6H3. The predicted octanol–water partition coefficient (Wildman–Crippen LogP) is 7.40. The SMILES string of the molecule is CC(=NOC(=O)c1cc(-c2ccc(C)c(C)c2)nc2ccccc12)c1ccc(C(C)(C)C)cc1. The molecule has 0 atom stereocenters. The number of oxime groups is 1. The Bertz CT molecular complexity index is 1390. The molecule has 0 unspecified atom stereocenters. The first-order valence-electron chi connectivity index (χ1n) is 11.5. The lowest BCUT2D eigenvalue weighted by Gasteiger charge is -2.19. The molecule has 1 aromatic heterocycles. The van der Waals surface area contributed by atoms with Gasteiger partial charge in [-0.05, 0) is 66.6 Å². The number of carbonyl (C=O) groups is 1. The minimum absolute atomic E-state index is 0.0755. The molecule has 172 valence electrons. The molecule has 0 aliphatic carbocycles. The molecule has 4 heteroatoms. The summed E-state index contributed by atoms with van der Waals surface area (Å²) in [5.41, 5.74) is 8.13. The van der Waals surface area contributed by atoms with E-state index < -0.39 is 5.97 Å². The van der Waals surface area contributed by atoms with Crippen LogP contribution in [0, 0.1) is 13.8 Å². The zero-order valence-corrected chi connectivity index (χ0v) is 20.6. The summed E-state index contributed by atoms with van der Waals surface area (Å²) in [4.78, 5) is 23.3. The molecule has 0 N–H and O–H groups in total. The third-order valence-corrected chi connectivity index (χ3v) is 6.17. The van der Waals surface area contributed by atoms with Crippen LogP contribution in [0.3, 0.4) is 0 Å². The van der Waals surface area contributed by atoms with Crippen molar-refractivity contribution in [2.45, 2.75) is 47.0 Å². The minimum atomic E-state index is -0.505. The minimum Gasteiger partial charge on any atom is -0.313 e. The Balaban J connectivity index is 1.66. The van der Waals surface area contributed by atoms with Gasteiger partial charge in [0.15, 0.2) is 0 Å². The number of pyridine rings is 1. The van der Waals surface area contributed by atoms with Crippen molar-refractivity contribution in [2.24, 2.45) is 5.16 Å². The second-order valence-corrected chi connectivity index (χ2v) is 9.75. The van der Waals surface area contributed by atoms with Gasteiger partial charge in [0.2, 0.25) is 0 Å². The molecule has 0 saturated heterocycles. The van der Waals surface area contributed by atoms with Crippen LogP contribution in [-0.4, -0.2) is 16.7 Å². The Labute approximate surface area is 201 Å². The maximum atomic E-state index is 13.1. The first kappa shape index (κ1) is 23.4. The Kier molecular flexibility index (Phi) is 6.34. The van der Waals surface area contributed by atoms with E-state index in [0.717, 1.165) is 27.7 Å². The van der Waals surface area contributed by atoms with E-state index in [-0.39, 0.29) is 5.41 Å². The second kappa shape index (κ2) is 9.22. The molecule has 0 aliphatic heterocycles. The number of aromatic nitrogens is 1. The van der Waals surface area contributed by atoms with Gasteiger partial charge >= 0.3 is 5.97 Å². The highest BCUT2D eigenvalue weighted by Gasteiger charge is 2.17. The molecule has 4 nitrogen and oxygen atoms in total. The third kappa shape index (κ3) is 4.91. The number of carbonyl (C=O) groups excluding carboxylic acids is 1. The Morgan fingerprint density at radius 1 is 0.882 bits per heavy atom. The van der Waals surface area contributed by atoms with Crippen LogP contribution in [0.25, 0.3) is 22.2 Å². The predicted molar refractivity (Wildman–Crippen MR) is 139 cm³/mol. The van der Waals surface area contributed by atoms with E-state index in [9.17, 15) is 4.79 Å². The van der Waals surface area contributed by atoms with Crippen molar-refractivity contribution in [3.05, 3.63) is 101 Å². The quantitative estimate of drug-likeness (QED) is 0.185. The van der Waals surface area contributed by atoms with E-state index in [0.29, 0.717) is 11.3 Å². The largest absolute Gasteiger partial charge is 0.366 e. The van der Waals surface area contributed by atoms with E-state index >= 15 is 0 Å². The first-order chi connectivity index (χ1) is 16.1. The topological polar surface area (TPSA) is 51.5 Å². The molecule has 4 rings (SSSR count). The van der Waals surface area contributed by atoms with Crippen molar-refractivity contribution < 1.29 is 9.63 Å². The van der Waals surface area contributed by atoms with Gasteiger partial charge < -0.3 is 4.84 Å². The van der Waals surface area contributed by atoms with Crippen LogP contribution in [-0.2, 0) is 10.3 Å². The molecule has 1 heterocycles. The molecule has 0 saturated carbocycles. The lowest BCUT2D eigenvalue weighted by molar-refractivity contribution is 0.0518. The van der Waals surface area contributed by atoms with E-state index in [2.05, 4.69) is 64.0 Å². The number of fused-ring (bicyclic) bond motifs is 1. The average Bonchev–Trinajstić information content (AvgIpc) is 2.82. The van der Waals surface area contributed by atoms with Gasteiger partial charge in [-0.3, -0.25) is 0 Å². The van der Waals surface area contributed by atoms with Crippen molar-refractivity contribution in [3.8, 4) is 11.3 Å². The van der Waals surface area contributed by atoms with Gasteiger partial charge in [-0.2, -0.15) is 0 Å². The fraction of sp³-hybridized carbons (Fsp3) is 0.233. The van der Waals surface area contributed by atoms with Crippen molar-refractivity contribution in [1.29, 1.82) is 0 Å². The van der Waals surface area contributed by atoms with Crippen LogP contribution in [0.2, 0.25) is 0 Å². The van der Waals surface area contributed by atoms with Gasteiger partial charge in [-0.15, -0.1) is 0 Å². The van der Waals surface area contributed by atoms with Gasteiger partial charge in [-0.1, -0.05) is 80.5 Å². The highest BCUT2D eigenvalue weighted by molar-refractivity contribution is 6.05. The van der Waals surface area contributed by atoms with Crippen molar-refractivity contribution in [2.75, 3.05) is 0 Å². The molecule has 0 bridgehead atoms. The summed E-state index contributed by atoms with van der Waals surface area (Å²) in [6.07, 6.45) is 0. The van der Waals surface area contributed by atoms with Crippen LogP contribution < -0.4 is 0 Å². The number of benzene rings is 3. The lowest BCUT2D eigenvalue weighted by atomic mass is 9.86. The molecule has 0 radical (unpaired) electrons. The number of nitrogens with zero attached hydrogens (tertiary/aromatic N) is 2. The van der Waals surface area contributed by atoms with Crippen LogP contribution in [0.4, 0.5) is 0 Å². The maximum absolute atomic E-state index is 13.1. The number of hydrogen-bond donors (Lipinski definition) is 0. The summed E-state index contributed by atoms with van der Waals surface area (Å²) in [5.74, 6) is -0.505. The van der Waals surface area contributed by atoms with Crippen LogP contribution in [0.1, 0.15) is 60.3 Å². The highest BCUT2D eigenvalue weighted by atomic mass is 16.7.